The van der Waals surface area contributed by atoms with Gasteiger partial charge in [-0.3, -0.25) is 0 Å². The fourth-order valence-electron chi connectivity index (χ4n) is 4.79. The van der Waals surface area contributed by atoms with Gasteiger partial charge < -0.3 is 25.0 Å². The minimum atomic E-state index is -1.06. The number of aromatic carboxylic acids is 1. The standard InChI is InChI=1S/C30H23N5O4S/c1-39-22-11-8-19(9-12-22)27-23-16-21(32-30(38)31-20-5-3-2-4-6-20)10-14-26(23)35(28(27)29(36)37)17-18-7-13-24-25(15-18)34-40-33-24/h2-16H,17H2,1H3,(H,36,37)(H2,31,32,38). The lowest BCUT2D eigenvalue weighted by Gasteiger charge is -2.10. The van der Waals surface area contributed by atoms with Gasteiger partial charge >= 0.3 is 12.0 Å². The lowest BCUT2D eigenvalue weighted by Crippen LogP contribution is -2.19. The van der Waals surface area contributed by atoms with Crippen molar-refractivity contribution in [1.82, 2.24) is 13.3 Å². The van der Waals surface area contributed by atoms with Gasteiger partial charge in [0.2, 0.25) is 0 Å². The molecule has 2 aromatic heterocycles. The van der Waals surface area contributed by atoms with E-state index >= 15 is 0 Å². The number of carboxylic acids is 1. The largest absolute Gasteiger partial charge is 0.497 e. The molecule has 6 rings (SSSR count). The molecule has 4 aromatic carbocycles. The topological polar surface area (TPSA) is 118 Å². The van der Waals surface area contributed by atoms with Gasteiger partial charge in [0, 0.05) is 34.4 Å². The first-order valence-corrected chi connectivity index (χ1v) is 13.1. The van der Waals surface area contributed by atoms with Gasteiger partial charge in [0.1, 0.15) is 22.5 Å². The van der Waals surface area contributed by atoms with E-state index in [-0.39, 0.29) is 5.69 Å². The van der Waals surface area contributed by atoms with Crippen LogP contribution in [0.2, 0.25) is 0 Å². The first-order valence-electron chi connectivity index (χ1n) is 12.4. The number of carbonyl (C=O) groups excluding carboxylic acids is 1. The second kappa shape index (κ2) is 10.5. The molecule has 40 heavy (non-hydrogen) atoms. The molecule has 0 aliphatic carbocycles. The van der Waals surface area contributed by atoms with Crippen LogP contribution in [0.4, 0.5) is 16.2 Å². The summed E-state index contributed by atoms with van der Waals surface area (Å²) in [6.07, 6.45) is 0. The van der Waals surface area contributed by atoms with Crippen LogP contribution in [0.3, 0.4) is 0 Å². The summed E-state index contributed by atoms with van der Waals surface area (Å²) in [5.41, 5.74) is 5.77. The number of amides is 2. The number of nitrogens with zero attached hydrogens (tertiary/aromatic N) is 3. The number of nitrogens with one attached hydrogen (secondary N) is 2. The molecule has 0 bridgehead atoms. The van der Waals surface area contributed by atoms with Crippen molar-refractivity contribution in [3.05, 3.63) is 102 Å². The molecule has 0 spiro atoms. The summed E-state index contributed by atoms with van der Waals surface area (Å²) >= 11 is 1.14. The minimum Gasteiger partial charge on any atom is -0.497 e. The molecular formula is C30H23N5O4S. The number of fused-ring (bicyclic) bond motifs is 2. The molecule has 0 saturated carbocycles. The molecule has 0 unspecified atom stereocenters. The van der Waals surface area contributed by atoms with Crippen molar-refractivity contribution < 1.29 is 19.4 Å². The molecule has 9 nitrogen and oxygen atoms in total. The maximum atomic E-state index is 12.8. The molecule has 0 aliphatic rings. The van der Waals surface area contributed by atoms with Gasteiger partial charge in [0.15, 0.2) is 0 Å². The number of hydrogen-bond donors (Lipinski definition) is 3. The third-order valence-corrected chi connectivity index (χ3v) is 7.15. The zero-order chi connectivity index (χ0) is 27.6. The zero-order valence-corrected chi connectivity index (χ0v) is 22.1. The van der Waals surface area contributed by atoms with Crippen LogP contribution < -0.4 is 15.4 Å². The summed E-state index contributed by atoms with van der Waals surface area (Å²) in [4.78, 5) is 25.5. The van der Waals surface area contributed by atoms with E-state index in [1.165, 1.54) is 0 Å². The fourth-order valence-corrected chi connectivity index (χ4v) is 5.31. The van der Waals surface area contributed by atoms with Crippen LogP contribution in [0, 0.1) is 0 Å². The number of carboxylic acid groups (broad SMARTS) is 1. The second-order valence-corrected chi connectivity index (χ2v) is 9.64. The number of ether oxygens (including phenoxy) is 1. The maximum Gasteiger partial charge on any atom is 0.353 e. The highest BCUT2D eigenvalue weighted by atomic mass is 32.1. The van der Waals surface area contributed by atoms with Gasteiger partial charge in [0.25, 0.3) is 0 Å². The molecule has 0 atom stereocenters. The van der Waals surface area contributed by atoms with E-state index in [2.05, 4.69) is 19.4 Å². The fraction of sp³-hybridized carbons (Fsp3) is 0.0667. The van der Waals surface area contributed by atoms with E-state index in [1.807, 2.05) is 54.6 Å². The third-order valence-electron chi connectivity index (χ3n) is 6.59. The Morgan fingerprint density at radius 3 is 2.38 bits per heavy atom. The van der Waals surface area contributed by atoms with Crippen molar-refractivity contribution in [2.24, 2.45) is 0 Å². The Kier molecular flexibility index (Phi) is 6.59. The summed E-state index contributed by atoms with van der Waals surface area (Å²) in [6, 6.07) is 27.1. The lowest BCUT2D eigenvalue weighted by molar-refractivity contribution is 0.0687. The molecule has 2 amide bonds. The number of methoxy groups -OCH3 is 1. The van der Waals surface area contributed by atoms with Gasteiger partial charge in [-0.15, -0.1) is 0 Å². The second-order valence-electron chi connectivity index (χ2n) is 9.11. The summed E-state index contributed by atoms with van der Waals surface area (Å²) in [5.74, 6) is -0.399. The van der Waals surface area contributed by atoms with Crippen molar-refractivity contribution >= 4 is 57.0 Å². The predicted molar refractivity (Wildman–Crippen MR) is 156 cm³/mol. The SMILES string of the molecule is COc1ccc(-c2c(C(=O)O)n(Cc3ccc4nsnc4c3)c3ccc(NC(=O)Nc4ccccc4)cc23)cc1. The number of benzene rings is 4. The predicted octanol–water partition coefficient (Wildman–Crippen LogP) is 6.71. The number of urea groups is 1. The Labute approximate surface area is 233 Å². The molecule has 6 aromatic rings. The normalized spacial score (nSPS) is 11.0. The van der Waals surface area contributed by atoms with E-state index in [0.717, 1.165) is 28.3 Å². The average molecular weight is 550 g/mol. The van der Waals surface area contributed by atoms with E-state index in [4.69, 9.17) is 4.74 Å². The van der Waals surface area contributed by atoms with Gasteiger partial charge in [0.05, 0.1) is 18.8 Å². The zero-order valence-electron chi connectivity index (χ0n) is 21.3. The maximum absolute atomic E-state index is 12.8. The third kappa shape index (κ3) is 4.83. The number of hydrogen-bond acceptors (Lipinski definition) is 6. The van der Waals surface area contributed by atoms with Crippen LogP contribution in [0.15, 0.2) is 91.0 Å². The molecule has 3 N–H and O–H groups in total. The molecular weight excluding hydrogens is 526 g/mol. The number of aromatic nitrogens is 3. The highest BCUT2D eigenvalue weighted by Crippen LogP contribution is 2.38. The molecule has 0 fully saturated rings. The summed E-state index contributed by atoms with van der Waals surface area (Å²) in [7, 11) is 1.58. The molecule has 10 heteroatoms. The monoisotopic (exact) mass is 549 g/mol. The Balaban J connectivity index is 1.47. The van der Waals surface area contributed by atoms with Crippen LogP contribution in [-0.4, -0.2) is 37.5 Å². The van der Waals surface area contributed by atoms with Crippen LogP contribution in [0.25, 0.3) is 33.1 Å². The van der Waals surface area contributed by atoms with Crippen molar-refractivity contribution in [2.75, 3.05) is 17.7 Å². The molecule has 0 radical (unpaired) electrons. The van der Waals surface area contributed by atoms with Crippen LogP contribution >= 0.6 is 11.7 Å². The molecule has 0 saturated heterocycles. The highest BCUT2D eigenvalue weighted by molar-refractivity contribution is 7.00. The van der Waals surface area contributed by atoms with Crippen molar-refractivity contribution in [1.29, 1.82) is 0 Å². The van der Waals surface area contributed by atoms with E-state index in [1.54, 1.807) is 48.1 Å². The Hall–Kier alpha value is -5.22. The smallest absolute Gasteiger partial charge is 0.353 e. The number of anilines is 2. The van der Waals surface area contributed by atoms with Crippen LogP contribution in [0.5, 0.6) is 5.75 Å². The van der Waals surface area contributed by atoms with Crippen molar-refractivity contribution in [3.8, 4) is 16.9 Å². The molecule has 198 valence electrons. The Morgan fingerprint density at radius 2 is 1.62 bits per heavy atom. The first kappa shape index (κ1) is 25.1. The summed E-state index contributed by atoms with van der Waals surface area (Å²) in [5, 5.41) is 16.8. The van der Waals surface area contributed by atoms with Crippen LogP contribution in [-0.2, 0) is 6.54 Å². The first-order chi connectivity index (χ1) is 19.5. The Morgan fingerprint density at radius 1 is 0.875 bits per heavy atom. The molecule has 0 aliphatic heterocycles. The number of rotatable bonds is 7. The van der Waals surface area contributed by atoms with Crippen molar-refractivity contribution in [2.45, 2.75) is 6.54 Å². The molecule has 2 heterocycles. The quantitative estimate of drug-likeness (QED) is 0.204. The number of carbonyl (C=O) groups is 2. The van der Waals surface area contributed by atoms with E-state index in [0.29, 0.717) is 45.7 Å². The average Bonchev–Trinajstić information content (AvgIpc) is 3.56. The van der Waals surface area contributed by atoms with Gasteiger partial charge in [-0.2, -0.15) is 8.75 Å². The minimum absolute atomic E-state index is 0.141. The summed E-state index contributed by atoms with van der Waals surface area (Å²) < 4.78 is 15.7. The highest BCUT2D eigenvalue weighted by Gasteiger charge is 2.24. The lowest BCUT2D eigenvalue weighted by atomic mass is 10.0. The van der Waals surface area contributed by atoms with Crippen LogP contribution in [0.1, 0.15) is 16.1 Å². The van der Waals surface area contributed by atoms with Gasteiger partial charge in [-0.1, -0.05) is 36.4 Å². The Bertz CT molecular complexity index is 1860. The van der Waals surface area contributed by atoms with Gasteiger partial charge in [-0.25, -0.2) is 9.59 Å². The van der Waals surface area contributed by atoms with E-state index < -0.39 is 12.0 Å². The summed E-state index contributed by atoms with van der Waals surface area (Å²) in [6.45, 7) is 0.309. The number of para-hydroxylation sites is 1. The van der Waals surface area contributed by atoms with Crippen molar-refractivity contribution in [3.63, 3.8) is 0 Å². The van der Waals surface area contributed by atoms with Gasteiger partial charge in [-0.05, 0) is 65.7 Å². The van der Waals surface area contributed by atoms with E-state index in [9.17, 15) is 14.7 Å².